The number of aryl methyl sites for hydroxylation is 1. The van der Waals surface area contributed by atoms with Gasteiger partial charge in [-0.15, -0.1) is 0 Å². The Morgan fingerprint density at radius 3 is 2.89 bits per heavy atom. The number of rotatable bonds is 1. The molecule has 1 heterocycles. The van der Waals surface area contributed by atoms with Crippen molar-refractivity contribution in [2.24, 2.45) is 0 Å². The van der Waals surface area contributed by atoms with E-state index in [4.69, 9.17) is 0 Å². The van der Waals surface area contributed by atoms with Gasteiger partial charge in [-0.2, -0.15) is 0 Å². The van der Waals surface area contributed by atoms with Gasteiger partial charge in [0.15, 0.2) is 0 Å². The van der Waals surface area contributed by atoms with Crippen LogP contribution in [0.15, 0.2) is 24.3 Å². The predicted octanol–water partition coefficient (Wildman–Crippen LogP) is 2.09. The summed E-state index contributed by atoms with van der Waals surface area (Å²) in [6.45, 7) is 1.31. The average molecular weight is 259 g/mol. The van der Waals surface area contributed by atoms with E-state index >= 15 is 0 Å². The molecule has 0 radical (unpaired) electrons. The molecule has 3 heteroatoms. The number of piperidine rings is 1. The molecule has 102 valence electrons. The van der Waals surface area contributed by atoms with Gasteiger partial charge in [-0.3, -0.25) is 4.79 Å². The molecule has 1 aromatic carbocycles. The van der Waals surface area contributed by atoms with Gasteiger partial charge in [-0.05, 0) is 43.2 Å². The Morgan fingerprint density at radius 1 is 1.21 bits per heavy atom. The van der Waals surface area contributed by atoms with Crippen molar-refractivity contribution >= 4 is 5.91 Å². The second-order valence-electron chi connectivity index (χ2n) is 5.72. The second kappa shape index (κ2) is 5.33. The summed E-state index contributed by atoms with van der Waals surface area (Å²) in [7, 11) is 0. The third kappa shape index (κ3) is 2.52. The molecule has 1 aromatic rings. The van der Waals surface area contributed by atoms with E-state index in [-0.39, 0.29) is 17.9 Å². The number of nitrogens with zero attached hydrogens (tertiary/aromatic N) is 1. The maximum absolute atomic E-state index is 12.7. The van der Waals surface area contributed by atoms with Crippen LogP contribution in [0.3, 0.4) is 0 Å². The quantitative estimate of drug-likeness (QED) is 0.839. The van der Waals surface area contributed by atoms with Gasteiger partial charge in [0.2, 0.25) is 5.91 Å². The number of carbonyl (C=O) groups excluding carboxylic acids is 1. The highest BCUT2D eigenvalue weighted by Gasteiger charge is 2.31. The van der Waals surface area contributed by atoms with Gasteiger partial charge in [0, 0.05) is 13.1 Å². The smallest absolute Gasteiger partial charge is 0.230 e. The molecule has 1 amide bonds. The number of benzene rings is 1. The van der Waals surface area contributed by atoms with Crippen LogP contribution in [0, 0.1) is 0 Å². The number of β-amino-alcohol motifs (C(OH)–C–C–N with tert-alkyl or cyclic N) is 1. The number of likely N-dealkylation sites (tertiary alicyclic amines) is 1. The third-order valence-electron chi connectivity index (χ3n) is 4.38. The number of carbonyl (C=O) groups is 1. The molecule has 0 spiro atoms. The normalized spacial score (nSPS) is 26.9. The largest absolute Gasteiger partial charge is 0.391 e. The fourth-order valence-corrected chi connectivity index (χ4v) is 3.39. The average Bonchev–Trinajstić information content (AvgIpc) is 2.46. The molecule has 3 nitrogen and oxygen atoms in total. The fourth-order valence-electron chi connectivity index (χ4n) is 3.39. The molecule has 19 heavy (non-hydrogen) atoms. The molecular weight excluding hydrogens is 238 g/mol. The Hall–Kier alpha value is -1.35. The van der Waals surface area contributed by atoms with E-state index in [9.17, 15) is 9.90 Å². The standard InChI is InChI=1S/C16H21NO2/c18-13-7-4-10-17(11-13)16(19)15-9-3-6-12-5-1-2-8-14(12)15/h1-2,5,8,13,15,18H,3-4,6-7,9-11H2/t13-,15?/m0/s1. The number of fused-ring (bicyclic) bond motifs is 1. The van der Waals surface area contributed by atoms with Gasteiger partial charge >= 0.3 is 0 Å². The van der Waals surface area contributed by atoms with Crippen molar-refractivity contribution in [1.82, 2.24) is 4.90 Å². The number of amides is 1. The van der Waals surface area contributed by atoms with Crippen molar-refractivity contribution in [3.63, 3.8) is 0 Å². The minimum Gasteiger partial charge on any atom is -0.391 e. The number of hydrogen-bond donors (Lipinski definition) is 1. The van der Waals surface area contributed by atoms with Crippen LogP contribution < -0.4 is 0 Å². The zero-order chi connectivity index (χ0) is 13.2. The van der Waals surface area contributed by atoms with Crippen LogP contribution in [-0.4, -0.2) is 35.1 Å². The summed E-state index contributed by atoms with van der Waals surface area (Å²) in [5, 5.41) is 9.73. The molecule has 0 aromatic heterocycles. The molecular formula is C16H21NO2. The maximum atomic E-state index is 12.7. The van der Waals surface area contributed by atoms with E-state index in [0.717, 1.165) is 38.6 Å². The van der Waals surface area contributed by atoms with Gasteiger partial charge in [0.05, 0.1) is 12.0 Å². The summed E-state index contributed by atoms with van der Waals surface area (Å²) in [5.41, 5.74) is 2.53. The lowest BCUT2D eigenvalue weighted by molar-refractivity contribution is -0.136. The first-order valence-electron chi connectivity index (χ1n) is 7.30. The van der Waals surface area contributed by atoms with Gasteiger partial charge in [0.1, 0.15) is 0 Å². The topological polar surface area (TPSA) is 40.5 Å². The van der Waals surface area contributed by atoms with Gasteiger partial charge in [0.25, 0.3) is 0 Å². The van der Waals surface area contributed by atoms with Crippen LogP contribution in [0.4, 0.5) is 0 Å². The maximum Gasteiger partial charge on any atom is 0.230 e. The van der Waals surface area contributed by atoms with Crippen molar-refractivity contribution in [3.8, 4) is 0 Å². The van der Waals surface area contributed by atoms with Crippen molar-refractivity contribution in [2.75, 3.05) is 13.1 Å². The molecule has 1 N–H and O–H groups in total. The monoisotopic (exact) mass is 259 g/mol. The molecule has 3 rings (SSSR count). The van der Waals surface area contributed by atoms with Crippen molar-refractivity contribution in [3.05, 3.63) is 35.4 Å². The van der Waals surface area contributed by atoms with Crippen LogP contribution in [0.25, 0.3) is 0 Å². The second-order valence-corrected chi connectivity index (χ2v) is 5.72. The van der Waals surface area contributed by atoms with E-state index in [1.807, 2.05) is 11.0 Å². The highest BCUT2D eigenvalue weighted by molar-refractivity contribution is 5.84. The van der Waals surface area contributed by atoms with Gasteiger partial charge in [-0.25, -0.2) is 0 Å². The van der Waals surface area contributed by atoms with Crippen LogP contribution in [-0.2, 0) is 11.2 Å². The lowest BCUT2D eigenvalue weighted by Crippen LogP contribution is -2.44. The molecule has 0 saturated carbocycles. The van der Waals surface area contributed by atoms with Crippen molar-refractivity contribution < 1.29 is 9.90 Å². The highest BCUT2D eigenvalue weighted by Crippen LogP contribution is 2.33. The molecule has 1 saturated heterocycles. The SMILES string of the molecule is O=C(C1CCCc2ccccc21)N1CCC[C@H](O)C1. The lowest BCUT2D eigenvalue weighted by Gasteiger charge is -2.34. The highest BCUT2D eigenvalue weighted by atomic mass is 16.3. The Kier molecular flexibility index (Phi) is 3.56. The summed E-state index contributed by atoms with van der Waals surface area (Å²) in [4.78, 5) is 14.5. The molecule has 1 aliphatic heterocycles. The Labute approximate surface area is 114 Å². The zero-order valence-corrected chi connectivity index (χ0v) is 11.2. The van der Waals surface area contributed by atoms with Crippen molar-refractivity contribution in [1.29, 1.82) is 0 Å². The molecule has 2 aliphatic rings. The number of hydrogen-bond acceptors (Lipinski definition) is 2. The molecule has 1 unspecified atom stereocenters. The van der Waals surface area contributed by atoms with E-state index in [1.165, 1.54) is 11.1 Å². The molecule has 1 fully saturated rings. The number of aliphatic hydroxyl groups excluding tert-OH is 1. The number of aliphatic hydroxyl groups is 1. The van der Waals surface area contributed by atoms with Crippen LogP contribution >= 0.6 is 0 Å². The van der Waals surface area contributed by atoms with Crippen molar-refractivity contribution in [2.45, 2.75) is 44.1 Å². The fraction of sp³-hybridized carbons (Fsp3) is 0.562. The zero-order valence-electron chi connectivity index (χ0n) is 11.2. The Bertz CT molecular complexity index is 472. The minimum atomic E-state index is -0.337. The molecule has 1 aliphatic carbocycles. The van der Waals surface area contributed by atoms with Crippen LogP contribution in [0.2, 0.25) is 0 Å². The van der Waals surface area contributed by atoms with E-state index in [0.29, 0.717) is 6.54 Å². The van der Waals surface area contributed by atoms with Gasteiger partial charge in [-0.1, -0.05) is 24.3 Å². The summed E-state index contributed by atoms with van der Waals surface area (Å²) in [5.74, 6) is 0.223. The molecule has 0 bridgehead atoms. The first-order chi connectivity index (χ1) is 9.25. The van der Waals surface area contributed by atoms with E-state index in [1.54, 1.807) is 0 Å². The summed E-state index contributed by atoms with van der Waals surface area (Å²) >= 11 is 0. The predicted molar refractivity (Wildman–Crippen MR) is 73.9 cm³/mol. The third-order valence-corrected chi connectivity index (χ3v) is 4.38. The Balaban J connectivity index is 1.81. The molecule has 2 atom stereocenters. The van der Waals surface area contributed by atoms with Gasteiger partial charge < -0.3 is 10.0 Å². The first kappa shape index (κ1) is 12.7. The van der Waals surface area contributed by atoms with E-state index < -0.39 is 0 Å². The summed E-state index contributed by atoms with van der Waals surface area (Å²) < 4.78 is 0. The Morgan fingerprint density at radius 2 is 2.05 bits per heavy atom. The summed E-state index contributed by atoms with van der Waals surface area (Å²) in [6.07, 6.45) is 4.53. The summed E-state index contributed by atoms with van der Waals surface area (Å²) in [6, 6.07) is 8.31. The first-order valence-corrected chi connectivity index (χ1v) is 7.30. The van der Waals surface area contributed by atoms with Crippen LogP contribution in [0.5, 0.6) is 0 Å². The van der Waals surface area contributed by atoms with Crippen LogP contribution in [0.1, 0.15) is 42.7 Å². The lowest BCUT2D eigenvalue weighted by atomic mass is 9.82. The minimum absolute atomic E-state index is 0.00949. The van der Waals surface area contributed by atoms with E-state index in [2.05, 4.69) is 18.2 Å².